The molecule has 0 aliphatic carbocycles. The molecule has 0 fully saturated rings. The van der Waals surface area contributed by atoms with E-state index in [0.717, 1.165) is 0 Å². The first-order valence-electron chi connectivity index (χ1n) is 5.94. The molecule has 0 heterocycles. The molecule has 0 N–H and O–H groups in total. The van der Waals surface area contributed by atoms with Crippen LogP contribution < -0.4 is 0 Å². The van der Waals surface area contributed by atoms with Gasteiger partial charge in [0.05, 0.1) is 10.6 Å². The number of rotatable bonds is 2. The zero-order chi connectivity index (χ0) is 15.1. The number of hydrogen-bond acceptors (Lipinski definition) is 3. The fourth-order valence-corrected chi connectivity index (χ4v) is 4.01. The summed E-state index contributed by atoms with van der Waals surface area (Å²) in [6.45, 7) is 4.96. The second-order valence-electron chi connectivity index (χ2n) is 5.37. The Morgan fingerprint density at radius 1 is 1.05 bits per heavy atom. The molecule has 0 saturated carbocycles. The molecule has 0 amide bonds. The van der Waals surface area contributed by atoms with Crippen molar-refractivity contribution in [3.8, 4) is 0 Å². The van der Waals surface area contributed by atoms with Crippen LogP contribution in [0.2, 0.25) is 10.0 Å². The van der Waals surface area contributed by atoms with Crippen LogP contribution in [0.5, 0.6) is 0 Å². The third kappa shape index (κ3) is 3.09. The molecule has 0 aliphatic heterocycles. The highest BCUT2D eigenvalue weighted by molar-refractivity contribution is 7.87. The summed E-state index contributed by atoms with van der Waals surface area (Å²) in [4.78, 5) is -0.113. The second kappa shape index (κ2) is 5.19. The van der Waals surface area contributed by atoms with E-state index in [2.05, 4.69) is 0 Å². The highest BCUT2D eigenvalue weighted by atomic mass is 35.5. The Hall–Kier alpha value is -0.810. The van der Waals surface area contributed by atoms with Gasteiger partial charge in [0.15, 0.2) is 0 Å². The number of benzene rings is 2. The van der Waals surface area contributed by atoms with Gasteiger partial charge in [0.2, 0.25) is 0 Å². The molecule has 0 aromatic heterocycles. The summed E-state index contributed by atoms with van der Waals surface area (Å²) >= 11 is 12.3. The first-order valence-corrected chi connectivity index (χ1v) is 8.11. The zero-order valence-electron chi connectivity index (χ0n) is 11.3. The summed E-state index contributed by atoms with van der Waals surface area (Å²) in [5, 5.41) is 1.72. The Balaban J connectivity index is 2.70. The Morgan fingerprint density at radius 2 is 1.60 bits per heavy atom. The van der Waals surface area contributed by atoms with Gasteiger partial charge in [-0.3, -0.25) is 4.18 Å². The molecular weight excluding hydrogens is 319 g/mol. The summed E-state index contributed by atoms with van der Waals surface area (Å²) in [5.41, 5.74) is -0.847. The summed E-state index contributed by atoms with van der Waals surface area (Å²) in [6.07, 6.45) is 0. The molecule has 6 heteroatoms. The molecule has 108 valence electrons. The van der Waals surface area contributed by atoms with Crippen LogP contribution in [0.1, 0.15) is 20.8 Å². The normalized spacial score (nSPS) is 12.8. The molecule has 0 unspecified atom stereocenters. The van der Waals surface area contributed by atoms with Crippen LogP contribution in [-0.2, 0) is 14.3 Å². The lowest BCUT2D eigenvalue weighted by Gasteiger charge is -2.20. The zero-order valence-corrected chi connectivity index (χ0v) is 13.6. The number of halogens is 2. The second-order valence-corrected chi connectivity index (χ2v) is 7.67. The maximum absolute atomic E-state index is 12.3. The lowest BCUT2D eigenvalue weighted by molar-refractivity contribution is 0.139. The highest BCUT2D eigenvalue weighted by Crippen LogP contribution is 2.36. The maximum atomic E-state index is 12.3. The fourth-order valence-electron chi connectivity index (χ4n) is 1.83. The smallest absolute Gasteiger partial charge is 0.261 e. The summed E-state index contributed by atoms with van der Waals surface area (Å²) in [5.74, 6) is 0. The van der Waals surface area contributed by atoms with E-state index in [0.29, 0.717) is 15.8 Å². The van der Waals surface area contributed by atoms with Crippen LogP contribution in [0.15, 0.2) is 35.2 Å². The average Bonchev–Trinajstić information content (AvgIpc) is 2.30. The van der Waals surface area contributed by atoms with Crippen LogP contribution in [0.25, 0.3) is 10.8 Å². The van der Waals surface area contributed by atoms with Crippen molar-refractivity contribution in [2.75, 3.05) is 0 Å². The van der Waals surface area contributed by atoms with Crippen LogP contribution in [0, 0.1) is 0 Å². The minimum Gasteiger partial charge on any atom is -0.261 e. The molecule has 2 aromatic carbocycles. The molecule has 20 heavy (non-hydrogen) atoms. The van der Waals surface area contributed by atoms with Crippen LogP contribution in [0.4, 0.5) is 0 Å². The van der Waals surface area contributed by atoms with Crippen molar-refractivity contribution >= 4 is 44.1 Å². The molecule has 2 aromatic rings. The predicted octanol–water partition coefficient (Wildman–Crippen LogP) is 4.65. The van der Waals surface area contributed by atoms with E-state index in [-0.39, 0.29) is 9.92 Å². The third-order valence-corrected chi connectivity index (χ3v) is 4.94. The molecule has 0 saturated heterocycles. The standard InChI is InChI=1S/C14H14Cl2O3S/c1-14(2,3)19-20(17,18)12-8-11(15)9-6-4-5-7-10(9)13(12)16/h4-8H,1-3H3. The molecule has 3 nitrogen and oxygen atoms in total. The van der Waals surface area contributed by atoms with Gasteiger partial charge in [-0.2, -0.15) is 8.42 Å². The van der Waals surface area contributed by atoms with Crippen LogP contribution in [0.3, 0.4) is 0 Å². The molecule has 2 rings (SSSR count). The summed E-state index contributed by atoms with van der Waals surface area (Å²) in [6, 6.07) is 8.41. The lowest BCUT2D eigenvalue weighted by atomic mass is 10.1. The SMILES string of the molecule is CC(C)(C)OS(=O)(=O)c1cc(Cl)c2ccccc2c1Cl. The monoisotopic (exact) mass is 332 g/mol. The first kappa shape index (κ1) is 15.6. The van der Waals surface area contributed by atoms with Gasteiger partial charge in [0.1, 0.15) is 4.90 Å². The van der Waals surface area contributed by atoms with Gasteiger partial charge in [0, 0.05) is 15.8 Å². The largest absolute Gasteiger partial charge is 0.299 e. The minimum atomic E-state index is -3.98. The first-order chi connectivity index (χ1) is 9.12. The average molecular weight is 333 g/mol. The lowest BCUT2D eigenvalue weighted by Crippen LogP contribution is -2.24. The summed E-state index contributed by atoms with van der Waals surface area (Å²) < 4.78 is 29.7. The van der Waals surface area contributed by atoms with Crippen molar-refractivity contribution in [1.29, 1.82) is 0 Å². The molecule has 0 atom stereocenters. The quantitative estimate of drug-likeness (QED) is 0.751. The Morgan fingerprint density at radius 3 is 2.15 bits per heavy atom. The molecular formula is C14H14Cl2O3S. The Labute approximate surface area is 128 Å². The number of hydrogen-bond donors (Lipinski definition) is 0. The van der Waals surface area contributed by atoms with Gasteiger partial charge >= 0.3 is 0 Å². The van der Waals surface area contributed by atoms with E-state index < -0.39 is 15.7 Å². The minimum absolute atomic E-state index is 0.113. The van der Waals surface area contributed by atoms with E-state index >= 15 is 0 Å². The van der Waals surface area contributed by atoms with Gasteiger partial charge in [-0.15, -0.1) is 0 Å². The van der Waals surface area contributed by atoms with E-state index in [9.17, 15) is 8.42 Å². The van der Waals surface area contributed by atoms with Crippen molar-refractivity contribution in [3.05, 3.63) is 40.4 Å². The van der Waals surface area contributed by atoms with E-state index in [1.165, 1.54) is 6.07 Å². The van der Waals surface area contributed by atoms with E-state index in [4.69, 9.17) is 27.4 Å². The fraction of sp³-hybridized carbons (Fsp3) is 0.286. The van der Waals surface area contributed by atoms with Crippen LogP contribution in [-0.4, -0.2) is 14.0 Å². The summed E-state index contributed by atoms with van der Waals surface area (Å²) in [7, 11) is -3.98. The van der Waals surface area contributed by atoms with Crippen molar-refractivity contribution in [2.24, 2.45) is 0 Å². The van der Waals surface area contributed by atoms with Crippen molar-refractivity contribution < 1.29 is 12.6 Å². The van der Waals surface area contributed by atoms with Gasteiger partial charge < -0.3 is 0 Å². The van der Waals surface area contributed by atoms with Crippen molar-refractivity contribution in [1.82, 2.24) is 0 Å². The molecule has 0 aliphatic rings. The topological polar surface area (TPSA) is 43.4 Å². The van der Waals surface area contributed by atoms with E-state index in [1.54, 1.807) is 39.0 Å². The van der Waals surface area contributed by atoms with Gasteiger partial charge in [-0.05, 0) is 26.8 Å². The van der Waals surface area contributed by atoms with E-state index in [1.807, 2.05) is 6.07 Å². The Bertz CT molecular complexity index is 762. The third-order valence-electron chi connectivity index (χ3n) is 2.52. The number of fused-ring (bicyclic) bond motifs is 1. The Kier molecular flexibility index (Phi) is 4.04. The van der Waals surface area contributed by atoms with Crippen LogP contribution >= 0.6 is 23.2 Å². The maximum Gasteiger partial charge on any atom is 0.299 e. The highest BCUT2D eigenvalue weighted by Gasteiger charge is 2.27. The van der Waals surface area contributed by atoms with Gasteiger partial charge in [-0.25, -0.2) is 0 Å². The predicted molar refractivity (Wildman–Crippen MR) is 82.0 cm³/mol. The molecule has 0 radical (unpaired) electrons. The van der Waals surface area contributed by atoms with Gasteiger partial charge in [-0.1, -0.05) is 47.5 Å². The molecule has 0 spiro atoms. The van der Waals surface area contributed by atoms with Gasteiger partial charge in [0.25, 0.3) is 10.1 Å². The van der Waals surface area contributed by atoms with Crippen molar-refractivity contribution in [2.45, 2.75) is 31.3 Å². The molecule has 0 bridgehead atoms. The van der Waals surface area contributed by atoms with Crippen molar-refractivity contribution in [3.63, 3.8) is 0 Å².